The summed E-state index contributed by atoms with van der Waals surface area (Å²) in [5.74, 6) is 0. The van der Waals surface area contributed by atoms with Crippen LogP contribution in [0.3, 0.4) is 0 Å². The van der Waals surface area contributed by atoms with Gasteiger partial charge in [0.25, 0.3) is 0 Å². The van der Waals surface area contributed by atoms with E-state index in [1.165, 1.54) is 33.4 Å². The number of benzene rings is 6. The zero-order valence-electron chi connectivity index (χ0n) is 23.1. The average Bonchev–Trinajstić information content (AvgIpc) is 3.51. The monoisotopic (exact) mass is 527 g/mol. The molecule has 2 heteroatoms. The standard InChI is InChI=1S/C39H29NO/c1-39(2)33-23-13-12-21-29(33)31-25-32-30-22-14-24-34(40(27-17-8-4-9-18-27)28-19-10-5-11-20-28)37(30)41-38(32)35(36(31)39)26-15-6-3-7-16-26/h3-25H,1-2H3. The van der Waals surface area contributed by atoms with E-state index in [9.17, 15) is 0 Å². The minimum Gasteiger partial charge on any atom is -0.453 e. The molecule has 1 aliphatic carbocycles. The maximum Gasteiger partial charge on any atom is 0.159 e. The minimum atomic E-state index is -0.160. The van der Waals surface area contributed by atoms with Crippen LogP contribution in [0.2, 0.25) is 0 Å². The third-order valence-corrected chi connectivity index (χ3v) is 8.62. The van der Waals surface area contributed by atoms with Crippen LogP contribution in [-0.4, -0.2) is 0 Å². The average molecular weight is 528 g/mol. The van der Waals surface area contributed by atoms with Gasteiger partial charge in [-0.25, -0.2) is 0 Å². The molecule has 6 aromatic carbocycles. The largest absolute Gasteiger partial charge is 0.453 e. The molecule has 0 amide bonds. The smallest absolute Gasteiger partial charge is 0.159 e. The topological polar surface area (TPSA) is 16.4 Å². The van der Waals surface area contributed by atoms with Crippen molar-refractivity contribution in [2.75, 3.05) is 4.90 Å². The maximum atomic E-state index is 7.07. The second-order valence-corrected chi connectivity index (χ2v) is 11.3. The zero-order valence-corrected chi connectivity index (χ0v) is 23.1. The molecule has 0 atom stereocenters. The molecule has 1 aliphatic rings. The van der Waals surface area contributed by atoms with Crippen LogP contribution in [0.1, 0.15) is 25.0 Å². The molecular weight excluding hydrogens is 498 g/mol. The molecule has 8 rings (SSSR count). The highest BCUT2D eigenvalue weighted by Crippen LogP contribution is 2.56. The fourth-order valence-corrected chi connectivity index (χ4v) is 6.81. The number of fused-ring (bicyclic) bond motifs is 6. The number of hydrogen-bond acceptors (Lipinski definition) is 2. The Bertz CT molecular complexity index is 2010. The van der Waals surface area contributed by atoms with Gasteiger partial charge in [-0.15, -0.1) is 0 Å². The van der Waals surface area contributed by atoms with E-state index >= 15 is 0 Å². The van der Waals surface area contributed by atoms with E-state index in [0.29, 0.717) is 0 Å². The Morgan fingerprint density at radius 3 is 1.83 bits per heavy atom. The molecule has 196 valence electrons. The molecule has 0 radical (unpaired) electrons. The maximum absolute atomic E-state index is 7.07. The van der Waals surface area contributed by atoms with Crippen LogP contribution in [0.25, 0.3) is 44.2 Å². The first-order valence-corrected chi connectivity index (χ1v) is 14.2. The Kier molecular flexibility index (Phi) is 5.20. The van der Waals surface area contributed by atoms with Gasteiger partial charge in [0.2, 0.25) is 0 Å². The first-order valence-electron chi connectivity index (χ1n) is 14.2. The van der Waals surface area contributed by atoms with Gasteiger partial charge in [-0.2, -0.15) is 0 Å². The number of hydrogen-bond donors (Lipinski definition) is 0. The van der Waals surface area contributed by atoms with Crippen LogP contribution in [0.4, 0.5) is 17.1 Å². The summed E-state index contributed by atoms with van der Waals surface area (Å²) < 4.78 is 7.07. The molecule has 1 aromatic heterocycles. The number of nitrogens with zero attached hydrogens (tertiary/aromatic N) is 1. The summed E-state index contributed by atoms with van der Waals surface area (Å²) >= 11 is 0. The van der Waals surface area contributed by atoms with E-state index < -0.39 is 0 Å². The molecule has 2 nitrogen and oxygen atoms in total. The minimum absolute atomic E-state index is 0.160. The van der Waals surface area contributed by atoms with Gasteiger partial charge in [-0.1, -0.05) is 117 Å². The van der Waals surface area contributed by atoms with Crippen LogP contribution in [0.5, 0.6) is 0 Å². The Labute approximate surface area is 240 Å². The predicted octanol–water partition coefficient (Wildman–Crippen LogP) is 11.0. The molecule has 41 heavy (non-hydrogen) atoms. The van der Waals surface area contributed by atoms with Crippen LogP contribution in [-0.2, 0) is 5.41 Å². The highest BCUT2D eigenvalue weighted by molar-refractivity contribution is 6.16. The second kappa shape index (κ2) is 8.97. The van der Waals surface area contributed by atoms with Crippen molar-refractivity contribution in [3.05, 3.63) is 151 Å². The molecule has 0 bridgehead atoms. The van der Waals surface area contributed by atoms with Crippen molar-refractivity contribution >= 4 is 39.0 Å². The Morgan fingerprint density at radius 1 is 0.537 bits per heavy atom. The van der Waals surface area contributed by atoms with Gasteiger partial charge in [0.15, 0.2) is 5.58 Å². The van der Waals surface area contributed by atoms with E-state index in [1.807, 2.05) is 0 Å². The zero-order chi connectivity index (χ0) is 27.6. The van der Waals surface area contributed by atoms with Crippen molar-refractivity contribution in [1.29, 1.82) is 0 Å². The molecule has 0 aliphatic heterocycles. The summed E-state index contributed by atoms with van der Waals surface area (Å²) in [4.78, 5) is 2.29. The molecule has 0 fully saturated rings. The fraction of sp³-hybridized carbons (Fsp3) is 0.0769. The van der Waals surface area contributed by atoms with Crippen molar-refractivity contribution < 1.29 is 4.42 Å². The lowest BCUT2D eigenvalue weighted by atomic mass is 9.78. The SMILES string of the molecule is CC1(C)c2ccccc2-c2cc3c(oc4c(N(c5ccccc5)c5ccccc5)cccc43)c(-c3ccccc3)c21. The van der Waals surface area contributed by atoms with Crippen molar-refractivity contribution in [3.63, 3.8) is 0 Å². The lowest BCUT2D eigenvalue weighted by Gasteiger charge is -2.25. The quantitative estimate of drug-likeness (QED) is 0.226. The Hall–Kier alpha value is -5.08. The Balaban J connectivity index is 1.49. The van der Waals surface area contributed by atoms with Crippen molar-refractivity contribution in [2.45, 2.75) is 19.3 Å². The number of para-hydroxylation sites is 3. The highest BCUT2D eigenvalue weighted by Gasteiger charge is 2.39. The first-order chi connectivity index (χ1) is 20.1. The third-order valence-electron chi connectivity index (χ3n) is 8.62. The van der Waals surface area contributed by atoms with Gasteiger partial charge in [0, 0.05) is 33.1 Å². The number of furan rings is 1. The summed E-state index contributed by atoms with van der Waals surface area (Å²) in [6, 6.07) is 49.5. The summed E-state index contributed by atoms with van der Waals surface area (Å²) in [5, 5.41) is 2.27. The Morgan fingerprint density at radius 2 is 1.15 bits per heavy atom. The molecule has 0 saturated heterocycles. The molecule has 7 aromatic rings. The van der Waals surface area contributed by atoms with E-state index in [2.05, 4.69) is 158 Å². The van der Waals surface area contributed by atoms with Crippen molar-refractivity contribution in [2.24, 2.45) is 0 Å². The van der Waals surface area contributed by atoms with E-state index in [1.54, 1.807) is 0 Å². The lowest BCUT2D eigenvalue weighted by molar-refractivity contribution is 0.650. The van der Waals surface area contributed by atoms with Gasteiger partial charge in [-0.3, -0.25) is 0 Å². The highest BCUT2D eigenvalue weighted by atomic mass is 16.3. The third kappa shape index (κ3) is 3.50. The molecular formula is C39H29NO. The van der Waals surface area contributed by atoms with Gasteiger partial charge in [0.05, 0.1) is 5.69 Å². The fourth-order valence-electron chi connectivity index (χ4n) is 6.81. The second-order valence-electron chi connectivity index (χ2n) is 11.3. The van der Waals surface area contributed by atoms with Gasteiger partial charge >= 0.3 is 0 Å². The molecule has 0 spiro atoms. The van der Waals surface area contributed by atoms with Crippen molar-refractivity contribution in [1.82, 2.24) is 0 Å². The molecule has 0 saturated carbocycles. The summed E-state index contributed by atoms with van der Waals surface area (Å²) in [6.07, 6.45) is 0. The van der Waals surface area contributed by atoms with Crippen LogP contribution in [0, 0.1) is 0 Å². The van der Waals surface area contributed by atoms with Gasteiger partial charge < -0.3 is 9.32 Å². The number of rotatable bonds is 4. The van der Waals surface area contributed by atoms with E-state index in [4.69, 9.17) is 4.42 Å². The van der Waals surface area contributed by atoms with Gasteiger partial charge in [0.1, 0.15) is 5.58 Å². The normalized spacial score (nSPS) is 13.3. The summed E-state index contributed by atoms with van der Waals surface area (Å²) in [6.45, 7) is 4.69. The number of anilines is 3. The van der Waals surface area contributed by atoms with Crippen LogP contribution in [0.15, 0.2) is 144 Å². The van der Waals surface area contributed by atoms with E-state index in [-0.39, 0.29) is 5.41 Å². The molecule has 0 N–H and O–H groups in total. The lowest BCUT2D eigenvalue weighted by Crippen LogP contribution is -2.16. The summed E-state index contributed by atoms with van der Waals surface area (Å²) in [5.41, 5.74) is 12.6. The van der Waals surface area contributed by atoms with Gasteiger partial charge in [-0.05, 0) is 64.2 Å². The predicted molar refractivity (Wildman–Crippen MR) is 171 cm³/mol. The first kappa shape index (κ1) is 23.8. The van der Waals surface area contributed by atoms with Crippen LogP contribution < -0.4 is 4.90 Å². The molecule has 0 unspecified atom stereocenters. The van der Waals surface area contributed by atoms with Crippen molar-refractivity contribution in [3.8, 4) is 22.3 Å². The van der Waals surface area contributed by atoms with E-state index in [0.717, 1.165) is 39.0 Å². The van der Waals surface area contributed by atoms with Crippen LogP contribution >= 0.6 is 0 Å². The molecule has 1 heterocycles. The summed E-state index contributed by atoms with van der Waals surface area (Å²) in [7, 11) is 0.